The van der Waals surface area contributed by atoms with E-state index in [4.69, 9.17) is 34.2 Å². The van der Waals surface area contributed by atoms with Gasteiger partial charge in [0.2, 0.25) is 17.7 Å². The number of imide groups is 1. The smallest absolute Gasteiger partial charge is 0.233 e. The Balaban J connectivity index is 2.29. The molecule has 0 spiro atoms. The van der Waals surface area contributed by atoms with Crippen molar-refractivity contribution in [1.82, 2.24) is 10.2 Å². The van der Waals surface area contributed by atoms with Gasteiger partial charge in [0.25, 0.3) is 0 Å². The largest absolute Gasteiger partial charge is 0.379 e. The third-order valence-corrected chi connectivity index (χ3v) is 7.36. The van der Waals surface area contributed by atoms with Crippen LogP contribution in [0.3, 0.4) is 0 Å². The number of hydrogen-bond acceptors (Lipinski definition) is 10. The van der Waals surface area contributed by atoms with Gasteiger partial charge in [-0.15, -0.1) is 0 Å². The molecule has 0 aromatic rings. The molecule has 1 fully saturated rings. The van der Waals surface area contributed by atoms with Crippen molar-refractivity contribution >= 4 is 17.7 Å². The van der Waals surface area contributed by atoms with Gasteiger partial charge in [0, 0.05) is 45.8 Å². The number of nitrogens with two attached hydrogens (primary N) is 1. The van der Waals surface area contributed by atoms with Crippen molar-refractivity contribution in [2.45, 2.75) is 92.3 Å². The average molecular weight is 632 g/mol. The summed E-state index contributed by atoms with van der Waals surface area (Å²) in [6.45, 7) is 19.1. The lowest BCUT2D eigenvalue weighted by Crippen LogP contribution is -2.37. The summed E-state index contributed by atoms with van der Waals surface area (Å²) in [5, 5.41) is 2.83. The minimum absolute atomic E-state index is 0.0866. The molecule has 0 saturated carbocycles. The van der Waals surface area contributed by atoms with Gasteiger partial charge in [0.05, 0.1) is 57.9 Å². The van der Waals surface area contributed by atoms with E-state index >= 15 is 0 Å². The summed E-state index contributed by atoms with van der Waals surface area (Å²) in [6.07, 6.45) is 2.38. The van der Waals surface area contributed by atoms with E-state index in [1.54, 1.807) is 0 Å². The number of carbonyl (C=O) groups excluding carboxylic acids is 3. The molecule has 0 aliphatic carbocycles. The van der Waals surface area contributed by atoms with Crippen LogP contribution in [0, 0.1) is 17.3 Å². The number of hydrogen-bond donors (Lipinski definition) is 2. The summed E-state index contributed by atoms with van der Waals surface area (Å²) in [7, 11) is 0. The van der Waals surface area contributed by atoms with Gasteiger partial charge >= 0.3 is 0 Å². The van der Waals surface area contributed by atoms with E-state index in [0.717, 1.165) is 19.4 Å². The molecule has 12 heteroatoms. The Morgan fingerprint density at radius 1 is 0.932 bits per heavy atom. The second-order valence-electron chi connectivity index (χ2n) is 13.3. The molecule has 0 aromatic heterocycles. The fourth-order valence-corrected chi connectivity index (χ4v) is 4.40. The maximum absolute atomic E-state index is 12.6. The molecule has 1 heterocycles. The third-order valence-electron chi connectivity index (χ3n) is 7.36. The Hall–Kier alpha value is -1.67. The zero-order valence-corrected chi connectivity index (χ0v) is 28.5. The summed E-state index contributed by atoms with van der Waals surface area (Å²) >= 11 is 0. The molecule has 44 heavy (non-hydrogen) atoms. The molecule has 258 valence electrons. The van der Waals surface area contributed by atoms with Crippen molar-refractivity contribution in [2.24, 2.45) is 23.0 Å². The van der Waals surface area contributed by atoms with Crippen LogP contribution in [0.1, 0.15) is 80.6 Å². The van der Waals surface area contributed by atoms with Crippen LogP contribution < -0.4 is 11.1 Å². The van der Waals surface area contributed by atoms with Gasteiger partial charge in [-0.25, -0.2) is 0 Å². The number of rotatable bonds is 26. The minimum Gasteiger partial charge on any atom is -0.379 e. The maximum atomic E-state index is 12.6. The summed E-state index contributed by atoms with van der Waals surface area (Å²) in [5.41, 5.74) is 4.85. The Morgan fingerprint density at radius 2 is 1.57 bits per heavy atom. The lowest BCUT2D eigenvalue weighted by atomic mass is 9.80. The summed E-state index contributed by atoms with van der Waals surface area (Å²) < 4.78 is 34.3. The van der Waals surface area contributed by atoms with E-state index in [1.807, 2.05) is 34.6 Å². The molecular formula is C32H61N3O9. The SMILES string of the molecule is CC(C)CCOCCOCC(COCCCNC(=O)CCN1C(=O)CC(C(C)(C)C)C1=O)OCCOCCC(C)(C)OCN. The van der Waals surface area contributed by atoms with Crippen LogP contribution in [0.25, 0.3) is 0 Å². The molecule has 3 N–H and O–H groups in total. The lowest BCUT2D eigenvalue weighted by Gasteiger charge is -2.24. The first-order valence-electron chi connectivity index (χ1n) is 16.1. The second kappa shape index (κ2) is 22.0. The van der Waals surface area contributed by atoms with Gasteiger partial charge in [0.1, 0.15) is 6.10 Å². The first-order chi connectivity index (χ1) is 20.8. The van der Waals surface area contributed by atoms with Crippen LogP contribution in [0.2, 0.25) is 0 Å². The monoisotopic (exact) mass is 631 g/mol. The standard InChI is InChI=1S/C32H61N3O9/c1-25(2)10-15-39-17-18-42-23-26(43-20-19-40-16-11-32(6,7)44-24-33)22-41-14-8-12-34-28(36)9-13-35-29(37)21-27(30(35)38)31(3,4)5/h25-27H,8-24,33H2,1-7H3,(H,34,36). The van der Waals surface area contributed by atoms with Gasteiger partial charge in [-0.3, -0.25) is 19.3 Å². The average Bonchev–Trinajstić information content (AvgIpc) is 3.23. The highest BCUT2D eigenvalue weighted by atomic mass is 16.6. The number of likely N-dealkylation sites (tertiary alicyclic amines) is 1. The highest BCUT2D eigenvalue weighted by Gasteiger charge is 2.44. The predicted octanol–water partition coefficient (Wildman–Crippen LogP) is 2.90. The maximum Gasteiger partial charge on any atom is 0.233 e. The highest BCUT2D eigenvalue weighted by Crippen LogP contribution is 2.35. The van der Waals surface area contributed by atoms with E-state index in [1.165, 1.54) is 4.90 Å². The van der Waals surface area contributed by atoms with E-state index in [-0.39, 0.29) is 66.9 Å². The number of nitrogens with one attached hydrogen (secondary N) is 1. The van der Waals surface area contributed by atoms with Crippen molar-refractivity contribution in [3.63, 3.8) is 0 Å². The van der Waals surface area contributed by atoms with Crippen molar-refractivity contribution in [1.29, 1.82) is 0 Å². The molecule has 2 unspecified atom stereocenters. The van der Waals surface area contributed by atoms with Gasteiger partial charge in [-0.05, 0) is 44.4 Å². The van der Waals surface area contributed by atoms with Crippen LogP contribution in [0.15, 0.2) is 0 Å². The van der Waals surface area contributed by atoms with Crippen LogP contribution in [0.5, 0.6) is 0 Å². The zero-order valence-electron chi connectivity index (χ0n) is 28.5. The molecule has 1 aliphatic heterocycles. The molecular weight excluding hydrogens is 570 g/mol. The molecule has 0 aromatic carbocycles. The zero-order chi connectivity index (χ0) is 33.0. The van der Waals surface area contributed by atoms with Crippen LogP contribution in [-0.4, -0.2) is 114 Å². The first kappa shape index (κ1) is 40.4. The molecule has 1 aliphatic rings. The molecule has 0 bridgehead atoms. The Morgan fingerprint density at radius 3 is 2.20 bits per heavy atom. The Labute approximate surface area is 265 Å². The highest BCUT2D eigenvalue weighted by molar-refractivity contribution is 6.04. The topological polar surface area (TPSA) is 148 Å². The number of ether oxygens (including phenoxy) is 6. The normalized spacial score (nSPS) is 16.8. The third kappa shape index (κ3) is 18.3. The van der Waals surface area contributed by atoms with Gasteiger partial charge in [-0.1, -0.05) is 34.6 Å². The fourth-order valence-electron chi connectivity index (χ4n) is 4.40. The number of carbonyl (C=O) groups is 3. The molecule has 12 nitrogen and oxygen atoms in total. The summed E-state index contributed by atoms with van der Waals surface area (Å²) in [4.78, 5) is 38.4. The van der Waals surface area contributed by atoms with Gasteiger partial charge in [0.15, 0.2) is 0 Å². The first-order valence-corrected chi connectivity index (χ1v) is 16.1. The van der Waals surface area contributed by atoms with Crippen molar-refractivity contribution < 1.29 is 42.8 Å². The van der Waals surface area contributed by atoms with E-state index in [0.29, 0.717) is 71.7 Å². The molecule has 0 radical (unpaired) electrons. The minimum atomic E-state index is -0.335. The number of amides is 3. The summed E-state index contributed by atoms with van der Waals surface area (Å²) in [6, 6.07) is 0. The van der Waals surface area contributed by atoms with Crippen molar-refractivity contribution in [2.75, 3.05) is 79.3 Å². The van der Waals surface area contributed by atoms with E-state index < -0.39 is 0 Å². The van der Waals surface area contributed by atoms with Crippen LogP contribution in [0.4, 0.5) is 0 Å². The van der Waals surface area contributed by atoms with E-state index in [9.17, 15) is 14.4 Å². The van der Waals surface area contributed by atoms with Gasteiger partial charge < -0.3 is 39.5 Å². The Kier molecular flexibility index (Phi) is 20.1. The Bertz CT molecular complexity index is 817. The molecule has 3 amide bonds. The molecule has 2 atom stereocenters. The van der Waals surface area contributed by atoms with E-state index in [2.05, 4.69) is 19.2 Å². The van der Waals surface area contributed by atoms with Gasteiger partial charge in [-0.2, -0.15) is 0 Å². The lowest BCUT2D eigenvalue weighted by molar-refractivity contribution is -0.140. The van der Waals surface area contributed by atoms with Crippen LogP contribution in [-0.2, 0) is 42.8 Å². The van der Waals surface area contributed by atoms with Crippen LogP contribution >= 0.6 is 0 Å². The second-order valence-corrected chi connectivity index (χ2v) is 13.3. The molecule has 1 rings (SSSR count). The predicted molar refractivity (Wildman–Crippen MR) is 168 cm³/mol. The number of nitrogens with zero attached hydrogens (tertiary/aromatic N) is 1. The van der Waals surface area contributed by atoms with Crippen molar-refractivity contribution in [3.05, 3.63) is 0 Å². The quantitative estimate of drug-likeness (QED) is 0.0830. The van der Waals surface area contributed by atoms with Crippen molar-refractivity contribution in [3.8, 4) is 0 Å². The fraction of sp³-hybridized carbons (Fsp3) is 0.906. The summed E-state index contributed by atoms with van der Waals surface area (Å²) in [5.74, 6) is -0.321. The molecule has 1 saturated heterocycles.